The molecule has 0 aliphatic heterocycles. The van der Waals surface area contributed by atoms with E-state index in [1.165, 1.54) is 0 Å². The number of rotatable bonds is 8. The number of nitrogens with one attached hydrogen (secondary N) is 1. The van der Waals surface area contributed by atoms with E-state index in [-0.39, 0.29) is 25.7 Å². The van der Waals surface area contributed by atoms with Gasteiger partial charge in [-0.3, -0.25) is 0 Å². The average molecular weight is 272 g/mol. The Labute approximate surface area is 113 Å². The smallest absolute Gasteiger partial charge is 0.255 e. The summed E-state index contributed by atoms with van der Waals surface area (Å²) >= 11 is 0. The van der Waals surface area contributed by atoms with Gasteiger partial charge in [0.1, 0.15) is 0 Å². The van der Waals surface area contributed by atoms with Crippen molar-refractivity contribution in [1.29, 1.82) is 0 Å². The van der Waals surface area contributed by atoms with Crippen molar-refractivity contribution in [3.8, 4) is 0 Å². The number of hydrogen-bond donors (Lipinski definition) is 2. The molecule has 0 saturated heterocycles. The van der Waals surface area contributed by atoms with E-state index in [1.807, 2.05) is 38.2 Å². The molecule has 0 aromatic heterocycles. The van der Waals surface area contributed by atoms with Gasteiger partial charge in [-0.05, 0) is 25.1 Å². The monoisotopic (exact) mass is 272 g/mol. The number of benzene rings is 1. The van der Waals surface area contributed by atoms with Crippen molar-refractivity contribution in [1.82, 2.24) is 5.32 Å². The molecule has 0 spiro atoms. The standard InChI is InChI=1S/C14H22F2N2O/c1-3-12(17-2)11-6-4-5-7-13(11)18(8-9-19)10-14(15)16/h4-7,12,14,17,19H,3,8-10H2,1-2H3. The van der Waals surface area contributed by atoms with Crippen molar-refractivity contribution in [2.45, 2.75) is 25.8 Å². The molecule has 108 valence electrons. The third kappa shape index (κ3) is 4.44. The highest BCUT2D eigenvalue weighted by molar-refractivity contribution is 5.55. The summed E-state index contributed by atoms with van der Waals surface area (Å²) in [6.45, 7) is 1.75. The molecule has 0 amide bonds. The van der Waals surface area contributed by atoms with Crippen molar-refractivity contribution >= 4 is 5.69 Å². The van der Waals surface area contributed by atoms with Gasteiger partial charge in [0, 0.05) is 18.3 Å². The molecule has 1 aromatic carbocycles. The number of halogens is 2. The van der Waals surface area contributed by atoms with Crippen LogP contribution >= 0.6 is 0 Å². The predicted octanol–water partition coefficient (Wildman–Crippen LogP) is 2.42. The number of alkyl halides is 2. The van der Waals surface area contributed by atoms with Gasteiger partial charge in [-0.1, -0.05) is 25.1 Å². The molecule has 19 heavy (non-hydrogen) atoms. The second-order valence-electron chi connectivity index (χ2n) is 4.37. The Kier molecular flexibility index (Phi) is 6.73. The molecule has 1 unspecified atom stereocenters. The lowest BCUT2D eigenvalue weighted by atomic mass is 10.0. The van der Waals surface area contributed by atoms with Gasteiger partial charge in [0.25, 0.3) is 6.43 Å². The fourth-order valence-corrected chi connectivity index (χ4v) is 2.25. The lowest BCUT2D eigenvalue weighted by molar-refractivity contribution is 0.152. The van der Waals surface area contributed by atoms with E-state index >= 15 is 0 Å². The van der Waals surface area contributed by atoms with E-state index in [0.717, 1.165) is 17.7 Å². The molecule has 1 rings (SSSR count). The van der Waals surface area contributed by atoms with E-state index in [0.29, 0.717) is 0 Å². The maximum atomic E-state index is 12.7. The molecular formula is C14H22F2N2O. The predicted molar refractivity (Wildman–Crippen MR) is 73.8 cm³/mol. The van der Waals surface area contributed by atoms with Crippen molar-refractivity contribution < 1.29 is 13.9 Å². The first-order valence-electron chi connectivity index (χ1n) is 6.54. The zero-order chi connectivity index (χ0) is 14.3. The Bertz CT molecular complexity index is 370. The van der Waals surface area contributed by atoms with Crippen LogP contribution in [0, 0.1) is 0 Å². The minimum atomic E-state index is -2.42. The molecule has 0 fully saturated rings. The molecule has 0 saturated carbocycles. The lowest BCUT2D eigenvalue weighted by Crippen LogP contribution is -2.33. The van der Waals surface area contributed by atoms with Gasteiger partial charge >= 0.3 is 0 Å². The van der Waals surface area contributed by atoms with E-state index in [2.05, 4.69) is 5.32 Å². The minimum absolute atomic E-state index is 0.120. The quantitative estimate of drug-likeness (QED) is 0.763. The summed E-state index contributed by atoms with van der Waals surface area (Å²) in [6, 6.07) is 7.62. The van der Waals surface area contributed by atoms with Crippen LogP contribution < -0.4 is 10.2 Å². The van der Waals surface area contributed by atoms with E-state index in [4.69, 9.17) is 5.11 Å². The van der Waals surface area contributed by atoms with Crippen LogP contribution in [-0.2, 0) is 0 Å². The number of aliphatic hydroxyl groups excluding tert-OH is 1. The first-order valence-corrected chi connectivity index (χ1v) is 6.54. The number of anilines is 1. The van der Waals surface area contributed by atoms with Crippen molar-refractivity contribution in [3.05, 3.63) is 29.8 Å². The van der Waals surface area contributed by atoms with Crippen LogP contribution in [0.1, 0.15) is 24.9 Å². The Morgan fingerprint density at radius 2 is 2.00 bits per heavy atom. The van der Waals surface area contributed by atoms with Crippen LogP contribution in [0.4, 0.5) is 14.5 Å². The third-order valence-corrected chi connectivity index (χ3v) is 3.14. The topological polar surface area (TPSA) is 35.5 Å². The molecule has 5 heteroatoms. The highest BCUT2D eigenvalue weighted by Crippen LogP contribution is 2.28. The summed E-state index contributed by atoms with van der Waals surface area (Å²) in [5, 5.41) is 12.2. The van der Waals surface area contributed by atoms with Gasteiger partial charge in [0.05, 0.1) is 13.2 Å². The normalized spacial score (nSPS) is 12.7. The molecule has 1 aromatic rings. The van der Waals surface area contributed by atoms with Gasteiger partial charge < -0.3 is 15.3 Å². The van der Waals surface area contributed by atoms with Crippen LogP contribution in [0.5, 0.6) is 0 Å². The van der Waals surface area contributed by atoms with Gasteiger partial charge in [-0.2, -0.15) is 0 Å². The fourth-order valence-electron chi connectivity index (χ4n) is 2.25. The molecule has 0 aliphatic carbocycles. The summed E-state index contributed by atoms with van der Waals surface area (Å²) < 4.78 is 25.3. The maximum Gasteiger partial charge on any atom is 0.255 e. The molecule has 3 nitrogen and oxygen atoms in total. The first kappa shape index (κ1) is 15.9. The van der Waals surface area contributed by atoms with E-state index < -0.39 is 6.43 Å². The van der Waals surface area contributed by atoms with Crippen LogP contribution in [0.2, 0.25) is 0 Å². The van der Waals surface area contributed by atoms with Gasteiger partial charge in [0.15, 0.2) is 0 Å². The van der Waals surface area contributed by atoms with Gasteiger partial charge in [-0.15, -0.1) is 0 Å². The van der Waals surface area contributed by atoms with E-state index in [9.17, 15) is 8.78 Å². The molecule has 0 aliphatic rings. The molecule has 0 heterocycles. The Morgan fingerprint density at radius 3 is 2.53 bits per heavy atom. The van der Waals surface area contributed by atoms with Crippen molar-refractivity contribution in [3.63, 3.8) is 0 Å². The van der Waals surface area contributed by atoms with Crippen LogP contribution in [0.3, 0.4) is 0 Å². The molecule has 0 bridgehead atoms. The zero-order valence-electron chi connectivity index (χ0n) is 11.4. The van der Waals surface area contributed by atoms with Crippen LogP contribution in [0.15, 0.2) is 24.3 Å². The number of aliphatic hydroxyl groups is 1. The average Bonchev–Trinajstić information content (AvgIpc) is 2.40. The number of nitrogens with zero attached hydrogens (tertiary/aromatic N) is 1. The second-order valence-corrected chi connectivity index (χ2v) is 4.37. The highest BCUT2D eigenvalue weighted by atomic mass is 19.3. The number of hydrogen-bond acceptors (Lipinski definition) is 3. The first-order chi connectivity index (χ1) is 9.13. The van der Waals surface area contributed by atoms with Crippen LogP contribution in [-0.4, -0.2) is 38.3 Å². The number of para-hydroxylation sites is 1. The Balaban J connectivity index is 3.07. The van der Waals surface area contributed by atoms with E-state index in [1.54, 1.807) is 4.90 Å². The lowest BCUT2D eigenvalue weighted by Gasteiger charge is -2.28. The highest BCUT2D eigenvalue weighted by Gasteiger charge is 2.18. The second kappa shape index (κ2) is 8.07. The van der Waals surface area contributed by atoms with Crippen LogP contribution in [0.25, 0.3) is 0 Å². The summed E-state index contributed by atoms with van der Waals surface area (Å²) in [5.74, 6) is 0. The summed E-state index contributed by atoms with van der Waals surface area (Å²) in [4.78, 5) is 1.54. The Morgan fingerprint density at radius 1 is 1.32 bits per heavy atom. The molecule has 1 atom stereocenters. The molecule has 0 radical (unpaired) electrons. The molecule has 2 N–H and O–H groups in total. The van der Waals surface area contributed by atoms with Crippen molar-refractivity contribution in [2.24, 2.45) is 0 Å². The van der Waals surface area contributed by atoms with Gasteiger partial charge in [0.2, 0.25) is 0 Å². The summed E-state index contributed by atoms with van der Waals surface area (Å²) in [6.07, 6.45) is -1.55. The molecular weight excluding hydrogens is 250 g/mol. The fraction of sp³-hybridized carbons (Fsp3) is 0.571. The summed E-state index contributed by atoms with van der Waals surface area (Å²) in [7, 11) is 1.86. The van der Waals surface area contributed by atoms with Gasteiger partial charge in [-0.25, -0.2) is 8.78 Å². The SMILES string of the molecule is CCC(NC)c1ccccc1N(CCO)CC(F)F. The maximum absolute atomic E-state index is 12.7. The zero-order valence-corrected chi connectivity index (χ0v) is 11.4. The largest absolute Gasteiger partial charge is 0.395 e. The van der Waals surface area contributed by atoms with Crippen molar-refractivity contribution in [2.75, 3.05) is 31.6 Å². The Hall–Kier alpha value is -1.20. The summed E-state index contributed by atoms with van der Waals surface area (Å²) in [5.41, 5.74) is 1.75. The third-order valence-electron chi connectivity index (χ3n) is 3.14. The minimum Gasteiger partial charge on any atom is -0.395 e.